The molecule has 0 heterocycles. The summed E-state index contributed by atoms with van der Waals surface area (Å²) in [5.41, 5.74) is 9.20. The topological polar surface area (TPSA) is 35.2 Å². The Hall–Kier alpha value is -1.80. The lowest BCUT2D eigenvalue weighted by Crippen LogP contribution is -2.07. The Kier molecular flexibility index (Phi) is 3.78. The van der Waals surface area contributed by atoms with Crippen LogP contribution in [0.4, 0.5) is 0 Å². The number of rotatable bonds is 4. The maximum absolute atomic E-state index is 5.31. The lowest BCUT2D eigenvalue weighted by atomic mass is 10.0. The van der Waals surface area contributed by atoms with Crippen LogP contribution in [0.15, 0.2) is 48.5 Å². The van der Waals surface area contributed by atoms with E-state index in [2.05, 4.69) is 43.3 Å². The molecule has 2 aromatic rings. The minimum Gasteiger partial charge on any atom is -0.479 e. The number of hydrogen-bond donors (Lipinski definition) is 1. The molecular formula is C15H17NO. The Bertz CT molecular complexity index is 459. The van der Waals surface area contributed by atoms with Crippen LogP contribution < -0.4 is 10.5 Å². The Morgan fingerprint density at radius 3 is 1.94 bits per heavy atom. The zero-order chi connectivity index (χ0) is 12.1. The van der Waals surface area contributed by atoms with Crippen molar-refractivity contribution >= 4 is 0 Å². The standard InChI is InChI=1S/C15H17NO/c1-12-2-4-13(5-3-12)10-14-6-8-15(9-7-14)17-11-16/h2-9H,10-11,16H2,1H3. The van der Waals surface area contributed by atoms with Crippen molar-refractivity contribution in [3.63, 3.8) is 0 Å². The Morgan fingerprint density at radius 1 is 0.882 bits per heavy atom. The minimum absolute atomic E-state index is 0.220. The fourth-order valence-corrected chi connectivity index (χ4v) is 1.74. The summed E-state index contributed by atoms with van der Waals surface area (Å²) < 4.78 is 5.20. The van der Waals surface area contributed by atoms with Crippen LogP contribution in [0.3, 0.4) is 0 Å². The van der Waals surface area contributed by atoms with Crippen molar-refractivity contribution in [2.45, 2.75) is 13.3 Å². The number of benzene rings is 2. The summed E-state index contributed by atoms with van der Waals surface area (Å²) in [6, 6.07) is 16.7. The highest BCUT2D eigenvalue weighted by Crippen LogP contribution is 2.15. The van der Waals surface area contributed by atoms with Crippen LogP contribution in [0.2, 0.25) is 0 Å². The largest absolute Gasteiger partial charge is 0.479 e. The number of nitrogens with two attached hydrogens (primary N) is 1. The molecule has 0 spiro atoms. The van der Waals surface area contributed by atoms with Crippen molar-refractivity contribution in [3.05, 3.63) is 65.2 Å². The molecule has 0 aliphatic heterocycles. The van der Waals surface area contributed by atoms with Gasteiger partial charge in [0, 0.05) is 0 Å². The first kappa shape index (κ1) is 11.7. The van der Waals surface area contributed by atoms with E-state index < -0.39 is 0 Å². The summed E-state index contributed by atoms with van der Waals surface area (Å²) in [5.74, 6) is 0.820. The molecule has 2 aromatic carbocycles. The van der Waals surface area contributed by atoms with Crippen LogP contribution >= 0.6 is 0 Å². The first-order valence-corrected chi connectivity index (χ1v) is 5.75. The van der Waals surface area contributed by atoms with Gasteiger partial charge in [-0.05, 0) is 36.6 Å². The highest BCUT2D eigenvalue weighted by Gasteiger charge is 1.97. The third kappa shape index (κ3) is 3.33. The third-order valence-electron chi connectivity index (χ3n) is 2.70. The molecule has 2 nitrogen and oxygen atoms in total. The van der Waals surface area contributed by atoms with Crippen molar-refractivity contribution in [1.82, 2.24) is 0 Å². The van der Waals surface area contributed by atoms with Gasteiger partial charge in [0.2, 0.25) is 0 Å². The van der Waals surface area contributed by atoms with E-state index in [9.17, 15) is 0 Å². The molecule has 0 aliphatic carbocycles. The second-order valence-corrected chi connectivity index (χ2v) is 4.12. The van der Waals surface area contributed by atoms with E-state index >= 15 is 0 Å². The molecule has 0 saturated heterocycles. The fraction of sp³-hybridized carbons (Fsp3) is 0.200. The first-order chi connectivity index (χ1) is 8.28. The zero-order valence-corrected chi connectivity index (χ0v) is 10.0. The molecule has 0 unspecified atom stereocenters. The summed E-state index contributed by atoms with van der Waals surface area (Å²) in [4.78, 5) is 0. The second-order valence-electron chi connectivity index (χ2n) is 4.12. The molecule has 2 N–H and O–H groups in total. The van der Waals surface area contributed by atoms with Gasteiger partial charge in [-0.15, -0.1) is 0 Å². The van der Waals surface area contributed by atoms with Gasteiger partial charge in [-0.25, -0.2) is 0 Å². The molecule has 0 fully saturated rings. The van der Waals surface area contributed by atoms with Crippen LogP contribution in [0.5, 0.6) is 5.75 Å². The van der Waals surface area contributed by atoms with Gasteiger partial charge in [0.1, 0.15) is 12.5 Å². The van der Waals surface area contributed by atoms with Crippen molar-refractivity contribution in [2.24, 2.45) is 5.73 Å². The third-order valence-corrected chi connectivity index (χ3v) is 2.70. The van der Waals surface area contributed by atoms with E-state index in [-0.39, 0.29) is 6.73 Å². The normalized spacial score (nSPS) is 10.2. The SMILES string of the molecule is Cc1ccc(Cc2ccc(OCN)cc2)cc1. The van der Waals surface area contributed by atoms with E-state index in [1.807, 2.05) is 12.1 Å². The summed E-state index contributed by atoms with van der Waals surface area (Å²) >= 11 is 0. The highest BCUT2D eigenvalue weighted by molar-refractivity contribution is 5.32. The van der Waals surface area contributed by atoms with Crippen molar-refractivity contribution < 1.29 is 4.74 Å². The highest BCUT2D eigenvalue weighted by atomic mass is 16.5. The molecule has 0 saturated carbocycles. The van der Waals surface area contributed by atoms with Gasteiger partial charge in [0.25, 0.3) is 0 Å². The summed E-state index contributed by atoms with van der Waals surface area (Å²) in [6.45, 7) is 2.32. The Balaban J connectivity index is 2.05. The summed E-state index contributed by atoms with van der Waals surface area (Å²) in [7, 11) is 0. The van der Waals surface area contributed by atoms with Crippen LogP contribution in [0.1, 0.15) is 16.7 Å². The average Bonchev–Trinajstić information content (AvgIpc) is 2.35. The molecule has 0 aromatic heterocycles. The summed E-state index contributed by atoms with van der Waals surface area (Å²) in [6.07, 6.45) is 0.948. The van der Waals surface area contributed by atoms with Gasteiger partial charge < -0.3 is 4.74 Å². The van der Waals surface area contributed by atoms with E-state index in [1.54, 1.807) is 0 Å². The van der Waals surface area contributed by atoms with Gasteiger partial charge >= 0.3 is 0 Å². The van der Waals surface area contributed by atoms with Crippen molar-refractivity contribution in [3.8, 4) is 5.75 Å². The quantitative estimate of drug-likeness (QED) is 0.815. The number of hydrogen-bond acceptors (Lipinski definition) is 2. The van der Waals surface area contributed by atoms with E-state index in [1.165, 1.54) is 16.7 Å². The average molecular weight is 227 g/mol. The van der Waals surface area contributed by atoms with E-state index in [0.29, 0.717) is 0 Å². The molecule has 0 atom stereocenters. The lowest BCUT2D eigenvalue weighted by molar-refractivity contribution is 0.329. The lowest BCUT2D eigenvalue weighted by Gasteiger charge is -2.05. The molecule has 0 aliphatic rings. The van der Waals surface area contributed by atoms with Crippen LogP contribution in [0, 0.1) is 6.92 Å². The second kappa shape index (κ2) is 5.51. The molecular weight excluding hydrogens is 210 g/mol. The number of aryl methyl sites for hydroxylation is 1. The monoisotopic (exact) mass is 227 g/mol. The van der Waals surface area contributed by atoms with E-state index in [4.69, 9.17) is 10.5 Å². The summed E-state index contributed by atoms with van der Waals surface area (Å²) in [5, 5.41) is 0. The van der Waals surface area contributed by atoms with Crippen molar-refractivity contribution in [1.29, 1.82) is 0 Å². The molecule has 88 valence electrons. The molecule has 17 heavy (non-hydrogen) atoms. The minimum atomic E-state index is 0.220. The Morgan fingerprint density at radius 2 is 1.41 bits per heavy atom. The van der Waals surface area contributed by atoms with Crippen LogP contribution in [-0.2, 0) is 6.42 Å². The maximum atomic E-state index is 5.31. The van der Waals surface area contributed by atoms with E-state index in [0.717, 1.165) is 12.2 Å². The first-order valence-electron chi connectivity index (χ1n) is 5.75. The predicted octanol–water partition coefficient (Wildman–Crippen LogP) is 2.88. The smallest absolute Gasteiger partial charge is 0.137 e. The predicted molar refractivity (Wildman–Crippen MR) is 70.1 cm³/mol. The molecule has 2 rings (SSSR count). The number of ether oxygens (including phenoxy) is 1. The zero-order valence-electron chi connectivity index (χ0n) is 10.0. The fourth-order valence-electron chi connectivity index (χ4n) is 1.74. The van der Waals surface area contributed by atoms with Gasteiger partial charge in [-0.2, -0.15) is 0 Å². The molecule has 0 radical (unpaired) electrons. The van der Waals surface area contributed by atoms with Crippen LogP contribution in [-0.4, -0.2) is 6.73 Å². The molecule has 0 bridgehead atoms. The maximum Gasteiger partial charge on any atom is 0.137 e. The van der Waals surface area contributed by atoms with Crippen LogP contribution in [0.25, 0.3) is 0 Å². The molecule has 2 heteroatoms. The van der Waals surface area contributed by atoms with Gasteiger partial charge in [-0.3, -0.25) is 5.73 Å². The van der Waals surface area contributed by atoms with Gasteiger partial charge in [0.15, 0.2) is 0 Å². The molecule has 0 amide bonds. The Labute approximate surface area is 102 Å². The van der Waals surface area contributed by atoms with Gasteiger partial charge in [-0.1, -0.05) is 42.0 Å². The van der Waals surface area contributed by atoms with Crippen molar-refractivity contribution in [2.75, 3.05) is 6.73 Å². The van der Waals surface area contributed by atoms with Gasteiger partial charge in [0.05, 0.1) is 0 Å².